The molecule has 1 amide bonds. The third-order valence-electron chi connectivity index (χ3n) is 11.9. The van der Waals surface area contributed by atoms with Crippen molar-refractivity contribution in [1.82, 2.24) is 5.32 Å². The Labute approximate surface area is 378 Å². The van der Waals surface area contributed by atoms with Gasteiger partial charge < -0.3 is 20.3 Å². The number of carbonyl (C=O) groups is 2. The Morgan fingerprint density at radius 3 is 1.31 bits per heavy atom. The van der Waals surface area contributed by atoms with Crippen molar-refractivity contribution >= 4 is 11.9 Å². The molecule has 6 nitrogen and oxygen atoms in total. The van der Waals surface area contributed by atoms with Crippen LogP contribution in [0, 0.1) is 0 Å². The molecule has 0 saturated heterocycles. The minimum atomic E-state index is -0.809. The first kappa shape index (κ1) is 58.8. The summed E-state index contributed by atoms with van der Waals surface area (Å²) in [5.41, 5.74) is 0. The molecular weight excluding hydrogens is 755 g/mol. The largest absolute Gasteiger partial charge is 0.461 e. The Morgan fingerprint density at radius 1 is 0.492 bits per heavy atom. The van der Waals surface area contributed by atoms with Gasteiger partial charge in [0.1, 0.15) is 6.10 Å². The fourth-order valence-electron chi connectivity index (χ4n) is 7.88. The van der Waals surface area contributed by atoms with Gasteiger partial charge in [0.2, 0.25) is 5.91 Å². The number of amides is 1. The van der Waals surface area contributed by atoms with E-state index in [1.807, 2.05) is 6.08 Å². The van der Waals surface area contributed by atoms with Crippen molar-refractivity contribution in [3.05, 3.63) is 48.6 Å². The number of hydrogen-bond donors (Lipinski definition) is 3. The third kappa shape index (κ3) is 44.2. The van der Waals surface area contributed by atoms with Crippen LogP contribution in [0.1, 0.15) is 265 Å². The van der Waals surface area contributed by atoms with E-state index in [4.69, 9.17) is 4.74 Å². The highest BCUT2D eigenvalue weighted by molar-refractivity contribution is 5.77. The van der Waals surface area contributed by atoms with Crippen molar-refractivity contribution in [2.75, 3.05) is 6.61 Å². The monoisotopic (exact) mass is 856 g/mol. The van der Waals surface area contributed by atoms with Crippen molar-refractivity contribution in [2.24, 2.45) is 0 Å². The molecule has 6 heteroatoms. The molecule has 0 aliphatic rings. The molecule has 0 aromatic heterocycles. The summed E-state index contributed by atoms with van der Waals surface area (Å²) < 4.78 is 5.86. The van der Waals surface area contributed by atoms with Crippen molar-refractivity contribution in [3.8, 4) is 0 Å². The number of esters is 1. The summed E-state index contributed by atoms with van der Waals surface area (Å²) in [4.78, 5) is 26.0. The second kappa shape index (κ2) is 48.8. The average molecular weight is 856 g/mol. The highest BCUT2D eigenvalue weighted by atomic mass is 16.5. The Hall–Kier alpha value is -2.18. The number of aliphatic hydroxyl groups is 2. The van der Waals surface area contributed by atoms with Crippen LogP contribution in [0.2, 0.25) is 0 Å². The lowest BCUT2D eigenvalue weighted by Gasteiger charge is -2.24. The van der Waals surface area contributed by atoms with Crippen LogP contribution < -0.4 is 5.32 Å². The molecule has 61 heavy (non-hydrogen) atoms. The van der Waals surface area contributed by atoms with Crippen LogP contribution in [0.25, 0.3) is 0 Å². The fraction of sp³-hybridized carbons (Fsp3) is 0.818. The highest BCUT2D eigenvalue weighted by Crippen LogP contribution is 2.17. The van der Waals surface area contributed by atoms with Crippen molar-refractivity contribution in [3.63, 3.8) is 0 Å². The standard InChI is InChI=1S/C55H101NO5/c1-4-7-10-13-16-19-22-24-26-27-29-31-33-35-38-41-44-47-53(58)52(50-57)56-54(59)49-51(61-55(60)48-45-42-39-36-21-18-15-12-9-6-3)46-43-40-37-34-32-30-28-25-23-20-17-14-11-8-5-2/h17,20,25,28,32,34,40,43,51-53,57-58H,4-16,18-19,21-24,26-27,29-31,33,35-39,41-42,44-50H2,1-3H3,(H,56,59)/b20-17-,28-25-,34-32-,43-40-. The van der Waals surface area contributed by atoms with E-state index in [1.165, 1.54) is 161 Å². The Bertz CT molecular complexity index is 1050. The molecule has 356 valence electrons. The van der Waals surface area contributed by atoms with Crippen molar-refractivity contribution in [1.29, 1.82) is 0 Å². The lowest BCUT2D eigenvalue weighted by atomic mass is 10.0. The van der Waals surface area contributed by atoms with E-state index < -0.39 is 18.2 Å². The predicted octanol–water partition coefficient (Wildman–Crippen LogP) is 15.8. The molecule has 3 N–H and O–H groups in total. The van der Waals surface area contributed by atoms with Crippen molar-refractivity contribution in [2.45, 2.75) is 283 Å². The number of ether oxygens (including phenoxy) is 1. The summed E-state index contributed by atoms with van der Waals surface area (Å²) in [6.45, 7) is 6.43. The molecule has 0 radical (unpaired) electrons. The summed E-state index contributed by atoms with van der Waals surface area (Å²) in [5.74, 6) is -0.570. The van der Waals surface area contributed by atoms with Crippen LogP contribution >= 0.6 is 0 Å². The zero-order valence-electron chi connectivity index (χ0n) is 40.5. The summed E-state index contributed by atoms with van der Waals surface area (Å²) in [6.07, 6.45) is 59.0. The van der Waals surface area contributed by atoms with E-state index in [9.17, 15) is 19.8 Å². The molecule has 0 aromatic rings. The number of rotatable bonds is 47. The minimum absolute atomic E-state index is 0.00411. The van der Waals surface area contributed by atoms with Gasteiger partial charge in [0.25, 0.3) is 0 Å². The number of nitrogens with one attached hydrogen (secondary N) is 1. The van der Waals surface area contributed by atoms with Gasteiger partial charge in [-0.15, -0.1) is 0 Å². The van der Waals surface area contributed by atoms with Gasteiger partial charge in [-0.1, -0.05) is 249 Å². The lowest BCUT2D eigenvalue weighted by molar-refractivity contribution is -0.150. The van der Waals surface area contributed by atoms with E-state index in [0.717, 1.165) is 57.8 Å². The molecule has 0 heterocycles. The van der Waals surface area contributed by atoms with Crippen LogP contribution in [0.15, 0.2) is 48.6 Å². The predicted molar refractivity (Wildman–Crippen MR) is 264 cm³/mol. The molecule has 0 saturated carbocycles. The maximum Gasteiger partial charge on any atom is 0.306 e. The molecule has 0 rings (SSSR count). The van der Waals surface area contributed by atoms with E-state index in [-0.39, 0.29) is 24.9 Å². The van der Waals surface area contributed by atoms with E-state index in [1.54, 1.807) is 0 Å². The molecule has 3 unspecified atom stereocenters. The zero-order chi connectivity index (χ0) is 44.5. The zero-order valence-corrected chi connectivity index (χ0v) is 40.5. The first-order valence-corrected chi connectivity index (χ1v) is 26.4. The summed E-state index contributed by atoms with van der Waals surface area (Å²) >= 11 is 0. The van der Waals surface area contributed by atoms with Gasteiger partial charge in [0.05, 0.1) is 25.2 Å². The second-order valence-electron chi connectivity index (χ2n) is 17.9. The van der Waals surface area contributed by atoms with Crippen LogP contribution in [0.4, 0.5) is 0 Å². The molecule has 0 fully saturated rings. The van der Waals surface area contributed by atoms with Crippen LogP contribution in [-0.4, -0.2) is 46.9 Å². The van der Waals surface area contributed by atoms with Gasteiger partial charge in [0, 0.05) is 12.8 Å². The first-order chi connectivity index (χ1) is 30.0. The molecule has 0 bridgehead atoms. The normalized spacial score (nSPS) is 13.6. The average Bonchev–Trinajstić information content (AvgIpc) is 3.25. The fourth-order valence-corrected chi connectivity index (χ4v) is 7.88. The minimum Gasteiger partial charge on any atom is -0.461 e. The van der Waals surface area contributed by atoms with Gasteiger partial charge in [-0.2, -0.15) is 0 Å². The van der Waals surface area contributed by atoms with E-state index >= 15 is 0 Å². The van der Waals surface area contributed by atoms with E-state index in [0.29, 0.717) is 19.3 Å². The lowest BCUT2D eigenvalue weighted by Crippen LogP contribution is -2.46. The molecule has 0 spiro atoms. The molecule has 0 aliphatic heterocycles. The van der Waals surface area contributed by atoms with Gasteiger partial charge in [-0.3, -0.25) is 9.59 Å². The number of hydrogen-bond acceptors (Lipinski definition) is 5. The van der Waals surface area contributed by atoms with Gasteiger partial charge >= 0.3 is 5.97 Å². The second-order valence-corrected chi connectivity index (χ2v) is 17.9. The first-order valence-electron chi connectivity index (χ1n) is 26.4. The Kier molecular flexibility index (Phi) is 47.1. The molecular formula is C55H101NO5. The number of aliphatic hydroxyl groups excluding tert-OH is 2. The summed E-state index contributed by atoms with van der Waals surface area (Å²) in [5, 5.41) is 23.8. The topological polar surface area (TPSA) is 95.9 Å². The van der Waals surface area contributed by atoms with Crippen LogP contribution in [0.3, 0.4) is 0 Å². The third-order valence-corrected chi connectivity index (χ3v) is 11.9. The Morgan fingerprint density at radius 2 is 0.869 bits per heavy atom. The maximum absolute atomic E-state index is 13.2. The molecule has 0 aromatic carbocycles. The van der Waals surface area contributed by atoms with Gasteiger partial charge in [-0.25, -0.2) is 0 Å². The number of allylic oxidation sites excluding steroid dienone is 7. The number of unbranched alkanes of at least 4 members (excludes halogenated alkanes) is 28. The van der Waals surface area contributed by atoms with Crippen molar-refractivity contribution < 1.29 is 24.5 Å². The van der Waals surface area contributed by atoms with Gasteiger partial charge in [0.15, 0.2) is 0 Å². The van der Waals surface area contributed by atoms with Crippen LogP contribution in [-0.2, 0) is 14.3 Å². The smallest absolute Gasteiger partial charge is 0.306 e. The Balaban J connectivity index is 4.60. The summed E-state index contributed by atoms with van der Waals surface area (Å²) in [7, 11) is 0. The van der Waals surface area contributed by atoms with Crippen LogP contribution in [0.5, 0.6) is 0 Å². The van der Waals surface area contributed by atoms with Gasteiger partial charge in [-0.05, 0) is 44.9 Å². The molecule has 0 aliphatic carbocycles. The highest BCUT2D eigenvalue weighted by Gasteiger charge is 2.23. The SMILES string of the molecule is CCCCC/C=C\C/C=C\C/C=C\C/C=C\CC(CC(=O)NC(CO)C(O)CCCCCCCCCCCCCCCCCCC)OC(=O)CCCCCCCCCCCC. The summed E-state index contributed by atoms with van der Waals surface area (Å²) in [6, 6.07) is -0.729. The quantitative estimate of drug-likeness (QED) is 0.0322. The molecule has 3 atom stereocenters. The number of carbonyl (C=O) groups excluding carboxylic acids is 2. The van der Waals surface area contributed by atoms with E-state index in [2.05, 4.69) is 68.6 Å². The maximum atomic E-state index is 13.2.